The zero-order chi connectivity index (χ0) is 8.65. The number of carbonyl (C=O) groups excluding carboxylic acids is 2. The van der Waals surface area contributed by atoms with Crippen LogP contribution >= 0.6 is 0 Å². The van der Waals surface area contributed by atoms with Crippen molar-refractivity contribution in [3.8, 4) is 0 Å². The molecule has 0 saturated carbocycles. The number of hydrogen-bond donors (Lipinski definition) is 2. The molecule has 1 aliphatic rings. The second-order valence-corrected chi connectivity index (χ2v) is 3.54. The van der Waals surface area contributed by atoms with Gasteiger partial charge in [-0.1, -0.05) is 13.8 Å². The summed E-state index contributed by atoms with van der Waals surface area (Å²) in [5.74, 6) is -1.45. The van der Waals surface area contributed by atoms with Crippen LogP contribution in [0.4, 0.5) is 0 Å². The summed E-state index contributed by atoms with van der Waals surface area (Å²) < 4.78 is 0. The van der Waals surface area contributed by atoms with E-state index in [1.807, 2.05) is 13.8 Å². The van der Waals surface area contributed by atoms with E-state index in [0.29, 0.717) is 6.54 Å². The van der Waals surface area contributed by atoms with Gasteiger partial charge in [-0.2, -0.15) is 0 Å². The van der Waals surface area contributed by atoms with Gasteiger partial charge in [0.2, 0.25) is 11.8 Å². The molecule has 62 valence electrons. The van der Waals surface area contributed by atoms with Gasteiger partial charge in [0.15, 0.2) is 0 Å². The molecule has 1 rings (SSSR count). The first-order valence-corrected chi connectivity index (χ1v) is 3.52. The Bertz CT molecular complexity index is 210. The minimum absolute atomic E-state index is 0.248. The van der Waals surface area contributed by atoms with Crippen LogP contribution in [0.2, 0.25) is 0 Å². The molecule has 1 heterocycles. The molecule has 0 spiro atoms. The number of nitrogens with two attached hydrogens (primary N) is 1. The van der Waals surface area contributed by atoms with Gasteiger partial charge < -0.3 is 11.1 Å². The fourth-order valence-corrected chi connectivity index (χ4v) is 1.39. The molecule has 0 bridgehead atoms. The summed E-state index contributed by atoms with van der Waals surface area (Å²) in [6.45, 7) is 4.22. The van der Waals surface area contributed by atoms with Crippen LogP contribution in [-0.4, -0.2) is 18.4 Å². The average molecular weight is 156 g/mol. The standard InChI is InChI=1S/C7H12N2O2/c1-7(2)3-9-6(11)4(7)5(8)10/h4H,3H2,1-2H3,(H2,8,10)(H,9,11). The highest BCUT2D eigenvalue weighted by Crippen LogP contribution is 2.30. The van der Waals surface area contributed by atoms with E-state index in [9.17, 15) is 9.59 Å². The number of rotatable bonds is 1. The van der Waals surface area contributed by atoms with Crippen LogP contribution in [0.15, 0.2) is 0 Å². The highest BCUT2D eigenvalue weighted by Gasteiger charge is 2.44. The second kappa shape index (κ2) is 2.22. The topological polar surface area (TPSA) is 72.2 Å². The Morgan fingerprint density at radius 3 is 2.45 bits per heavy atom. The largest absolute Gasteiger partial charge is 0.369 e. The quantitative estimate of drug-likeness (QED) is 0.490. The Labute approximate surface area is 65.1 Å². The van der Waals surface area contributed by atoms with E-state index in [1.54, 1.807) is 0 Å². The van der Waals surface area contributed by atoms with Crippen molar-refractivity contribution in [3.05, 3.63) is 0 Å². The zero-order valence-corrected chi connectivity index (χ0v) is 6.68. The molecule has 1 atom stereocenters. The first-order valence-electron chi connectivity index (χ1n) is 3.52. The normalized spacial score (nSPS) is 28.2. The van der Waals surface area contributed by atoms with Gasteiger partial charge in [0.25, 0.3) is 0 Å². The van der Waals surface area contributed by atoms with Crippen molar-refractivity contribution in [3.63, 3.8) is 0 Å². The number of carbonyl (C=O) groups is 2. The maximum atomic E-state index is 11.0. The summed E-state index contributed by atoms with van der Waals surface area (Å²) in [5.41, 5.74) is 4.73. The Balaban J connectivity index is 2.89. The molecule has 4 heteroatoms. The van der Waals surface area contributed by atoms with Crippen LogP contribution < -0.4 is 11.1 Å². The first-order chi connectivity index (χ1) is 4.95. The Morgan fingerprint density at radius 1 is 1.73 bits per heavy atom. The molecule has 0 aliphatic carbocycles. The molecule has 2 amide bonds. The molecule has 1 saturated heterocycles. The van der Waals surface area contributed by atoms with Gasteiger partial charge in [-0.15, -0.1) is 0 Å². The molecule has 0 radical (unpaired) electrons. The molecule has 0 aromatic rings. The van der Waals surface area contributed by atoms with Crippen LogP contribution in [0, 0.1) is 11.3 Å². The number of primary amides is 1. The Kier molecular flexibility index (Phi) is 1.62. The van der Waals surface area contributed by atoms with Crippen LogP contribution in [0.5, 0.6) is 0 Å². The third-order valence-corrected chi connectivity index (χ3v) is 2.05. The molecule has 0 aromatic heterocycles. The molecule has 0 aromatic carbocycles. The predicted molar refractivity (Wildman–Crippen MR) is 39.5 cm³/mol. The second-order valence-electron chi connectivity index (χ2n) is 3.54. The van der Waals surface area contributed by atoms with Gasteiger partial charge in [-0.05, 0) is 0 Å². The third kappa shape index (κ3) is 1.20. The lowest BCUT2D eigenvalue weighted by atomic mass is 9.81. The van der Waals surface area contributed by atoms with E-state index in [-0.39, 0.29) is 11.3 Å². The molecule has 11 heavy (non-hydrogen) atoms. The first kappa shape index (κ1) is 8.04. The summed E-state index contributed by atoms with van der Waals surface area (Å²) in [6, 6.07) is 0. The number of amides is 2. The fraction of sp³-hybridized carbons (Fsp3) is 0.714. The van der Waals surface area contributed by atoms with E-state index in [4.69, 9.17) is 5.73 Å². The SMILES string of the molecule is CC1(C)CNC(=O)C1C(N)=O. The smallest absolute Gasteiger partial charge is 0.233 e. The number of nitrogens with one attached hydrogen (secondary N) is 1. The lowest BCUT2D eigenvalue weighted by molar-refractivity contribution is -0.133. The zero-order valence-electron chi connectivity index (χ0n) is 6.68. The van der Waals surface area contributed by atoms with Crippen molar-refractivity contribution in [1.82, 2.24) is 5.32 Å². The minimum Gasteiger partial charge on any atom is -0.369 e. The van der Waals surface area contributed by atoms with Gasteiger partial charge in [0, 0.05) is 12.0 Å². The van der Waals surface area contributed by atoms with Crippen molar-refractivity contribution < 1.29 is 9.59 Å². The minimum atomic E-state index is -0.664. The molecule has 3 N–H and O–H groups in total. The van der Waals surface area contributed by atoms with E-state index >= 15 is 0 Å². The molecular formula is C7H12N2O2. The van der Waals surface area contributed by atoms with E-state index < -0.39 is 11.8 Å². The van der Waals surface area contributed by atoms with E-state index in [1.165, 1.54) is 0 Å². The monoisotopic (exact) mass is 156 g/mol. The Morgan fingerprint density at radius 2 is 2.27 bits per heavy atom. The summed E-state index contributed by atoms with van der Waals surface area (Å²) in [7, 11) is 0. The highest BCUT2D eigenvalue weighted by atomic mass is 16.2. The van der Waals surface area contributed by atoms with Gasteiger partial charge in [-0.3, -0.25) is 9.59 Å². The molecule has 1 aliphatic heterocycles. The molecular weight excluding hydrogens is 144 g/mol. The predicted octanol–water partition coefficient (Wildman–Crippen LogP) is -0.756. The van der Waals surface area contributed by atoms with Crippen molar-refractivity contribution >= 4 is 11.8 Å². The van der Waals surface area contributed by atoms with Crippen molar-refractivity contribution in [2.45, 2.75) is 13.8 Å². The highest BCUT2D eigenvalue weighted by molar-refractivity contribution is 6.01. The molecule has 1 unspecified atom stereocenters. The summed E-state index contributed by atoms with van der Waals surface area (Å²) in [5, 5.41) is 2.60. The lowest BCUT2D eigenvalue weighted by Crippen LogP contribution is -2.36. The average Bonchev–Trinajstić information content (AvgIpc) is 2.06. The lowest BCUT2D eigenvalue weighted by Gasteiger charge is -2.20. The van der Waals surface area contributed by atoms with Crippen molar-refractivity contribution in [1.29, 1.82) is 0 Å². The summed E-state index contributed by atoms with van der Waals surface area (Å²) >= 11 is 0. The van der Waals surface area contributed by atoms with Gasteiger partial charge >= 0.3 is 0 Å². The van der Waals surface area contributed by atoms with Crippen LogP contribution in [0.3, 0.4) is 0 Å². The summed E-state index contributed by atoms with van der Waals surface area (Å²) in [6.07, 6.45) is 0. The summed E-state index contributed by atoms with van der Waals surface area (Å²) in [4.78, 5) is 21.8. The molecule has 4 nitrogen and oxygen atoms in total. The van der Waals surface area contributed by atoms with Gasteiger partial charge in [0.05, 0.1) is 0 Å². The van der Waals surface area contributed by atoms with E-state index in [0.717, 1.165) is 0 Å². The fourth-order valence-electron chi connectivity index (χ4n) is 1.39. The number of hydrogen-bond acceptors (Lipinski definition) is 2. The molecule has 1 fully saturated rings. The van der Waals surface area contributed by atoms with Crippen molar-refractivity contribution in [2.75, 3.05) is 6.54 Å². The maximum absolute atomic E-state index is 11.0. The van der Waals surface area contributed by atoms with Crippen LogP contribution in [0.25, 0.3) is 0 Å². The van der Waals surface area contributed by atoms with Crippen LogP contribution in [0.1, 0.15) is 13.8 Å². The van der Waals surface area contributed by atoms with Gasteiger partial charge in [0.1, 0.15) is 5.92 Å². The van der Waals surface area contributed by atoms with Gasteiger partial charge in [-0.25, -0.2) is 0 Å². The van der Waals surface area contributed by atoms with Crippen LogP contribution in [-0.2, 0) is 9.59 Å². The third-order valence-electron chi connectivity index (χ3n) is 2.05. The van der Waals surface area contributed by atoms with E-state index in [2.05, 4.69) is 5.32 Å². The maximum Gasteiger partial charge on any atom is 0.233 e. The van der Waals surface area contributed by atoms with Crippen molar-refractivity contribution in [2.24, 2.45) is 17.1 Å². The Hall–Kier alpha value is -1.06.